The summed E-state index contributed by atoms with van der Waals surface area (Å²) in [6.45, 7) is 0. The number of halogens is 3. The van der Waals surface area contributed by atoms with Crippen LogP contribution in [0, 0.1) is 0 Å². The zero-order valence-electron chi connectivity index (χ0n) is 9.66. The maximum absolute atomic E-state index is 12.3. The van der Waals surface area contributed by atoms with E-state index in [9.17, 15) is 26.4 Å². The molecule has 2 rings (SSSR count). The van der Waals surface area contributed by atoms with E-state index in [-0.39, 0.29) is 17.2 Å². The summed E-state index contributed by atoms with van der Waals surface area (Å²) in [5.74, 6) is -1.49. The molecule has 1 aliphatic rings. The summed E-state index contributed by atoms with van der Waals surface area (Å²) in [6.07, 6.45) is -0.154. The number of carboxylic acid groups (broad SMARTS) is 1. The molecule has 1 N–H and O–H groups in total. The highest BCUT2D eigenvalue weighted by Gasteiger charge is 2.51. The van der Waals surface area contributed by atoms with Gasteiger partial charge in [0, 0.05) is 6.42 Å². The molecule has 0 aliphatic carbocycles. The molecule has 0 fully saturated rings. The van der Waals surface area contributed by atoms with Gasteiger partial charge in [-0.15, -0.1) is 4.28 Å². The fourth-order valence-electron chi connectivity index (χ4n) is 1.79. The van der Waals surface area contributed by atoms with Gasteiger partial charge in [-0.3, -0.25) is 0 Å². The lowest BCUT2D eigenvalue weighted by Crippen LogP contribution is -2.42. The standard InChI is InChI=1S/C10H8F3NO5S/c11-10(12,13)20(17,18)19-14-7-4-2-1-3-6(7)5-8(14)9(15)16/h1-4,8H,5H2,(H,15,16). The molecular weight excluding hydrogens is 303 g/mol. The van der Waals surface area contributed by atoms with Crippen molar-refractivity contribution in [3.8, 4) is 0 Å². The van der Waals surface area contributed by atoms with Crippen molar-refractivity contribution < 1.29 is 35.8 Å². The molecule has 10 heteroatoms. The molecule has 0 saturated carbocycles. The molecule has 1 heterocycles. The topological polar surface area (TPSA) is 83.9 Å². The number of hydrogen-bond acceptors (Lipinski definition) is 5. The van der Waals surface area contributed by atoms with Crippen LogP contribution in [0.25, 0.3) is 0 Å². The molecule has 110 valence electrons. The summed E-state index contributed by atoms with van der Waals surface area (Å²) in [5.41, 5.74) is -5.27. The number of anilines is 1. The fraction of sp³-hybridized carbons (Fsp3) is 0.300. The minimum atomic E-state index is -5.93. The van der Waals surface area contributed by atoms with E-state index in [0.717, 1.165) is 0 Å². The molecule has 0 bridgehead atoms. The maximum Gasteiger partial charge on any atom is 0.525 e. The highest BCUT2D eigenvalue weighted by molar-refractivity contribution is 7.87. The van der Waals surface area contributed by atoms with Crippen molar-refractivity contribution in [1.29, 1.82) is 0 Å². The Bertz CT molecular complexity index is 643. The van der Waals surface area contributed by atoms with Gasteiger partial charge >= 0.3 is 21.6 Å². The Morgan fingerprint density at radius 1 is 1.35 bits per heavy atom. The monoisotopic (exact) mass is 311 g/mol. The molecule has 0 aromatic heterocycles. The summed E-state index contributed by atoms with van der Waals surface area (Å²) in [5, 5.41) is 9.22. The van der Waals surface area contributed by atoms with Crippen LogP contribution >= 0.6 is 0 Å². The van der Waals surface area contributed by atoms with Crippen molar-refractivity contribution in [2.24, 2.45) is 0 Å². The van der Waals surface area contributed by atoms with Crippen LogP contribution < -0.4 is 5.06 Å². The van der Waals surface area contributed by atoms with Crippen LogP contribution in [0.15, 0.2) is 24.3 Å². The molecule has 1 aromatic carbocycles. The Labute approximate surface area is 111 Å². The van der Waals surface area contributed by atoms with Gasteiger partial charge in [-0.05, 0) is 11.6 Å². The molecule has 6 nitrogen and oxygen atoms in total. The Hall–Kier alpha value is -1.81. The number of aliphatic carboxylic acids is 1. The fourth-order valence-corrected chi connectivity index (χ4v) is 2.27. The van der Waals surface area contributed by atoms with Crippen molar-refractivity contribution in [2.75, 3.05) is 5.06 Å². The van der Waals surface area contributed by atoms with Crippen LogP contribution in [0.4, 0.5) is 18.9 Å². The van der Waals surface area contributed by atoms with Gasteiger partial charge in [0.1, 0.15) is 0 Å². The highest BCUT2D eigenvalue weighted by atomic mass is 32.2. The lowest BCUT2D eigenvalue weighted by molar-refractivity contribution is -0.139. The summed E-state index contributed by atoms with van der Waals surface area (Å²) in [6, 6.07) is 4.21. The quantitative estimate of drug-likeness (QED) is 0.847. The lowest BCUT2D eigenvalue weighted by atomic mass is 10.1. The third kappa shape index (κ3) is 2.43. The Balaban J connectivity index is 2.40. The van der Waals surface area contributed by atoms with Crippen molar-refractivity contribution in [1.82, 2.24) is 0 Å². The SMILES string of the molecule is O=C(O)C1Cc2ccccc2N1OS(=O)(=O)C(F)(F)F. The van der Waals surface area contributed by atoms with E-state index in [1.54, 1.807) is 6.07 Å². The first-order valence-corrected chi connectivity index (χ1v) is 6.65. The molecule has 0 radical (unpaired) electrons. The number of rotatable bonds is 3. The van der Waals surface area contributed by atoms with Crippen molar-refractivity contribution in [2.45, 2.75) is 18.0 Å². The predicted octanol–water partition coefficient (Wildman–Crippen LogP) is 1.28. The Morgan fingerprint density at radius 3 is 2.50 bits per heavy atom. The van der Waals surface area contributed by atoms with Gasteiger partial charge in [-0.1, -0.05) is 18.2 Å². The molecule has 1 aromatic rings. The van der Waals surface area contributed by atoms with E-state index in [2.05, 4.69) is 4.28 Å². The Morgan fingerprint density at radius 2 is 1.95 bits per heavy atom. The molecular formula is C10H8F3NO5S. The molecule has 20 heavy (non-hydrogen) atoms. The number of hydroxylamine groups is 1. The number of carbonyl (C=O) groups is 1. The van der Waals surface area contributed by atoms with Crippen molar-refractivity contribution in [3.63, 3.8) is 0 Å². The summed E-state index contributed by atoms with van der Waals surface area (Å²) in [4.78, 5) is 11.0. The first-order valence-electron chi connectivity index (χ1n) is 5.24. The second-order valence-electron chi connectivity index (χ2n) is 3.99. The zero-order valence-corrected chi connectivity index (χ0v) is 10.5. The van der Waals surface area contributed by atoms with E-state index < -0.39 is 27.6 Å². The number of hydrogen-bond donors (Lipinski definition) is 1. The van der Waals surface area contributed by atoms with Gasteiger partial charge in [0.25, 0.3) is 0 Å². The van der Waals surface area contributed by atoms with Crippen LogP contribution in [0.2, 0.25) is 0 Å². The van der Waals surface area contributed by atoms with E-state index >= 15 is 0 Å². The normalized spacial score (nSPS) is 18.9. The lowest BCUT2D eigenvalue weighted by Gasteiger charge is -2.23. The number of para-hydroxylation sites is 1. The van der Waals surface area contributed by atoms with Crippen molar-refractivity contribution in [3.05, 3.63) is 29.8 Å². The summed E-state index contributed by atoms with van der Waals surface area (Å²) < 4.78 is 62.9. The number of carboxylic acids is 1. The van der Waals surface area contributed by atoms with Crippen molar-refractivity contribution >= 4 is 21.8 Å². The molecule has 1 unspecified atom stereocenters. The van der Waals surface area contributed by atoms with Crippen LogP contribution in [0.5, 0.6) is 0 Å². The number of fused-ring (bicyclic) bond motifs is 1. The minimum Gasteiger partial charge on any atom is -0.480 e. The number of alkyl halides is 3. The average molecular weight is 311 g/mol. The van der Waals surface area contributed by atoms with Crippen LogP contribution in [-0.2, 0) is 25.6 Å². The van der Waals surface area contributed by atoms with E-state index in [4.69, 9.17) is 5.11 Å². The summed E-state index contributed by atoms with van der Waals surface area (Å²) >= 11 is 0. The second kappa shape index (κ2) is 4.63. The van der Waals surface area contributed by atoms with Crippen LogP contribution in [-0.4, -0.2) is 31.0 Å². The van der Waals surface area contributed by atoms with Gasteiger partial charge in [-0.2, -0.15) is 21.6 Å². The van der Waals surface area contributed by atoms with Gasteiger partial charge in [0.05, 0.1) is 5.69 Å². The molecule has 0 amide bonds. The van der Waals surface area contributed by atoms with Gasteiger partial charge in [-0.25, -0.2) is 9.86 Å². The molecule has 0 saturated heterocycles. The molecule has 1 aliphatic heterocycles. The number of nitrogens with zero attached hydrogens (tertiary/aromatic N) is 1. The summed E-state index contributed by atoms with van der Waals surface area (Å²) in [7, 11) is -5.93. The largest absolute Gasteiger partial charge is 0.525 e. The first-order chi connectivity index (χ1) is 9.13. The van der Waals surface area contributed by atoms with Gasteiger partial charge < -0.3 is 5.11 Å². The average Bonchev–Trinajstić information content (AvgIpc) is 2.67. The second-order valence-corrected chi connectivity index (χ2v) is 5.51. The van der Waals surface area contributed by atoms with Crippen LogP contribution in [0.3, 0.4) is 0 Å². The van der Waals surface area contributed by atoms with Gasteiger partial charge in [0.15, 0.2) is 6.04 Å². The Kier molecular flexibility index (Phi) is 3.38. The predicted molar refractivity (Wildman–Crippen MR) is 60.1 cm³/mol. The molecule has 1 atom stereocenters. The number of benzene rings is 1. The minimum absolute atomic E-state index is 0.0206. The maximum atomic E-state index is 12.3. The third-order valence-corrected chi connectivity index (χ3v) is 3.60. The smallest absolute Gasteiger partial charge is 0.480 e. The van der Waals surface area contributed by atoms with Crippen LogP contribution in [0.1, 0.15) is 5.56 Å². The van der Waals surface area contributed by atoms with E-state index in [0.29, 0.717) is 5.56 Å². The third-order valence-electron chi connectivity index (χ3n) is 2.67. The van der Waals surface area contributed by atoms with Gasteiger partial charge in [0.2, 0.25) is 0 Å². The zero-order chi connectivity index (χ0) is 15.1. The van der Waals surface area contributed by atoms with E-state index in [1.807, 2.05) is 0 Å². The van der Waals surface area contributed by atoms with E-state index in [1.165, 1.54) is 18.2 Å². The highest BCUT2D eigenvalue weighted by Crippen LogP contribution is 2.35. The first kappa shape index (κ1) is 14.6. The molecule has 0 spiro atoms.